The highest BCUT2D eigenvalue weighted by atomic mass is 31.2. The van der Waals surface area contributed by atoms with E-state index in [2.05, 4.69) is 62.5 Å². The van der Waals surface area contributed by atoms with Crippen molar-refractivity contribution in [2.45, 2.75) is 354 Å². The highest BCUT2D eigenvalue weighted by Crippen LogP contribution is 2.43. The minimum atomic E-state index is -4.39. The third kappa shape index (κ3) is 67.1. The summed E-state index contributed by atoms with van der Waals surface area (Å²) in [5.74, 6) is -0.786. The van der Waals surface area contributed by atoms with E-state index >= 15 is 0 Å². The Bertz CT molecular complexity index is 1520. The molecule has 0 saturated heterocycles. The zero-order valence-corrected chi connectivity index (χ0v) is 55.9. The first-order chi connectivity index (χ1) is 40.0. The molecule has 0 aliphatic rings. The van der Waals surface area contributed by atoms with Gasteiger partial charge in [0.25, 0.3) is 0 Å². The number of unbranched alkanes of at least 4 members (excludes halogenated alkanes) is 44. The van der Waals surface area contributed by atoms with Crippen LogP contribution in [0.4, 0.5) is 0 Å². The maximum Gasteiger partial charge on any atom is 0.472 e. The molecular weight excluding hydrogens is 1040 g/mol. The molecule has 0 radical (unpaired) electrons. The van der Waals surface area contributed by atoms with Crippen LogP contribution in [-0.4, -0.2) is 74.9 Å². The Morgan fingerprint density at radius 1 is 0.378 bits per heavy atom. The van der Waals surface area contributed by atoms with Gasteiger partial charge in [-0.1, -0.05) is 306 Å². The van der Waals surface area contributed by atoms with Gasteiger partial charge in [-0.05, 0) is 77.0 Å². The Kier molecular flexibility index (Phi) is 61.9. The summed E-state index contributed by atoms with van der Waals surface area (Å²) in [5.41, 5.74) is 0. The standard InChI is InChI=1S/C72H136NO8P/c1-6-8-10-12-14-16-18-20-22-24-25-26-27-28-29-30-31-32-33-34-35-36-37-38-39-40-41-42-43-44-45-46-47-49-51-53-55-57-59-61-63-65-72(75)81-70(69-80-82(76,77)79-67-66-73(3,4)5)68-78-71(74)64-62-60-58-56-54-52-50-48-23-21-19-17-15-13-11-9-7-2/h18,20-21,23-25,27-28,70H,6-17,19,22,26,29-69H2,1-5H3/p+1/b20-18-,23-21-,25-24-,28-27-. The summed E-state index contributed by atoms with van der Waals surface area (Å²) in [6.07, 6.45) is 82.4. The molecule has 0 saturated carbocycles. The van der Waals surface area contributed by atoms with Crippen LogP contribution in [0.2, 0.25) is 0 Å². The fourth-order valence-corrected chi connectivity index (χ4v) is 11.1. The van der Waals surface area contributed by atoms with Crippen molar-refractivity contribution >= 4 is 19.8 Å². The number of phosphoric acid groups is 1. The van der Waals surface area contributed by atoms with Crippen LogP contribution < -0.4 is 0 Å². The highest BCUT2D eigenvalue weighted by molar-refractivity contribution is 7.47. The summed E-state index contributed by atoms with van der Waals surface area (Å²) < 4.78 is 34.7. The number of hydrogen-bond donors (Lipinski definition) is 1. The molecule has 0 aromatic heterocycles. The molecule has 0 aromatic rings. The summed E-state index contributed by atoms with van der Waals surface area (Å²) in [5, 5.41) is 0. The molecule has 0 bridgehead atoms. The van der Waals surface area contributed by atoms with Gasteiger partial charge in [0.1, 0.15) is 19.8 Å². The van der Waals surface area contributed by atoms with Crippen molar-refractivity contribution in [2.75, 3.05) is 47.5 Å². The zero-order valence-electron chi connectivity index (χ0n) is 55.0. The second-order valence-electron chi connectivity index (χ2n) is 25.3. The SMILES string of the molecule is CCCCCCC/C=C\C/C=C\C/C=C\CCCCCCCCCCCCCCCCCCCCCCCCCCCCC(=O)OC(COC(=O)CCCCCCCCC/C=C\CCCCCCCC)COP(=O)(O)OCC[N+](C)(C)C. The molecule has 482 valence electrons. The Morgan fingerprint density at radius 2 is 0.659 bits per heavy atom. The number of quaternary nitrogens is 1. The van der Waals surface area contributed by atoms with Crippen molar-refractivity contribution < 1.29 is 42.1 Å². The van der Waals surface area contributed by atoms with Gasteiger partial charge >= 0.3 is 19.8 Å². The summed E-state index contributed by atoms with van der Waals surface area (Å²) in [7, 11) is 1.49. The van der Waals surface area contributed by atoms with Crippen molar-refractivity contribution in [1.29, 1.82) is 0 Å². The average Bonchev–Trinajstić information content (AvgIpc) is 3.45. The van der Waals surface area contributed by atoms with E-state index in [1.165, 1.54) is 270 Å². The lowest BCUT2D eigenvalue weighted by atomic mass is 10.0. The van der Waals surface area contributed by atoms with Gasteiger partial charge in [-0.15, -0.1) is 0 Å². The number of esters is 2. The van der Waals surface area contributed by atoms with Gasteiger partial charge < -0.3 is 18.9 Å². The van der Waals surface area contributed by atoms with E-state index in [0.29, 0.717) is 17.4 Å². The number of likely N-dealkylation sites (N-methyl/N-ethyl adjacent to an activating group) is 1. The number of rotatable bonds is 66. The van der Waals surface area contributed by atoms with Crippen molar-refractivity contribution in [3.63, 3.8) is 0 Å². The molecule has 2 unspecified atom stereocenters. The molecule has 9 nitrogen and oxygen atoms in total. The van der Waals surface area contributed by atoms with Gasteiger partial charge in [0.15, 0.2) is 6.10 Å². The largest absolute Gasteiger partial charge is 0.472 e. The fraction of sp³-hybridized carbons (Fsp3) is 0.861. The predicted octanol–water partition coefficient (Wildman–Crippen LogP) is 22.8. The maximum atomic E-state index is 12.9. The molecule has 0 aromatic carbocycles. The van der Waals surface area contributed by atoms with E-state index in [-0.39, 0.29) is 32.0 Å². The first kappa shape index (κ1) is 80.0. The van der Waals surface area contributed by atoms with Gasteiger partial charge in [0.2, 0.25) is 0 Å². The van der Waals surface area contributed by atoms with Gasteiger partial charge in [0.05, 0.1) is 27.7 Å². The first-order valence-corrected chi connectivity index (χ1v) is 36.9. The molecule has 0 rings (SSSR count). The van der Waals surface area contributed by atoms with Crippen LogP contribution in [0.15, 0.2) is 48.6 Å². The molecule has 2 atom stereocenters. The number of carbonyl (C=O) groups excluding carboxylic acids is 2. The molecule has 0 fully saturated rings. The predicted molar refractivity (Wildman–Crippen MR) is 353 cm³/mol. The summed E-state index contributed by atoms with van der Waals surface area (Å²) in [6, 6.07) is 0. The summed E-state index contributed by atoms with van der Waals surface area (Å²) in [4.78, 5) is 35.8. The molecule has 0 aliphatic carbocycles. The average molecular weight is 1180 g/mol. The molecule has 0 aliphatic heterocycles. The van der Waals surface area contributed by atoms with Crippen LogP contribution in [0, 0.1) is 0 Å². The lowest BCUT2D eigenvalue weighted by Crippen LogP contribution is -2.37. The molecule has 1 N–H and O–H groups in total. The summed E-state index contributed by atoms with van der Waals surface area (Å²) in [6.45, 7) is 4.46. The summed E-state index contributed by atoms with van der Waals surface area (Å²) >= 11 is 0. The van der Waals surface area contributed by atoms with E-state index in [1.54, 1.807) is 0 Å². The Labute approximate surface area is 509 Å². The maximum absolute atomic E-state index is 12.9. The van der Waals surface area contributed by atoms with Crippen molar-refractivity contribution in [2.24, 2.45) is 0 Å². The molecule has 10 heteroatoms. The minimum absolute atomic E-state index is 0.0331. The van der Waals surface area contributed by atoms with Crippen molar-refractivity contribution in [1.82, 2.24) is 0 Å². The van der Waals surface area contributed by atoms with Crippen LogP contribution in [-0.2, 0) is 32.7 Å². The van der Waals surface area contributed by atoms with E-state index in [9.17, 15) is 19.0 Å². The highest BCUT2D eigenvalue weighted by Gasteiger charge is 2.27. The lowest BCUT2D eigenvalue weighted by molar-refractivity contribution is -0.870. The van der Waals surface area contributed by atoms with Crippen LogP contribution in [0.5, 0.6) is 0 Å². The van der Waals surface area contributed by atoms with Crippen molar-refractivity contribution in [3.05, 3.63) is 48.6 Å². The monoisotopic (exact) mass is 1180 g/mol. The number of allylic oxidation sites excluding steroid dienone is 8. The fourth-order valence-electron chi connectivity index (χ4n) is 10.4. The van der Waals surface area contributed by atoms with Crippen LogP contribution in [0.3, 0.4) is 0 Å². The molecule has 82 heavy (non-hydrogen) atoms. The number of carbonyl (C=O) groups is 2. The van der Waals surface area contributed by atoms with E-state index < -0.39 is 26.5 Å². The Hall–Kier alpha value is -2.03. The molecular formula is C72H137NO8P+. The second kappa shape index (κ2) is 63.5. The normalized spacial score (nSPS) is 13.4. The smallest absolute Gasteiger partial charge is 0.462 e. The van der Waals surface area contributed by atoms with Gasteiger partial charge in [0, 0.05) is 12.8 Å². The van der Waals surface area contributed by atoms with Crippen LogP contribution in [0.25, 0.3) is 0 Å². The van der Waals surface area contributed by atoms with Gasteiger partial charge in [-0.25, -0.2) is 4.57 Å². The quantitative estimate of drug-likeness (QED) is 0.0211. The second-order valence-corrected chi connectivity index (χ2v) is 26.7. The third-order valence-corrected chi connectivity index (χ3v) is 16.8. The van der Waals surface area contributed by atoms with E-state index in [4.69, 9.17) is 18.5 Å². The van der Waals surface area contributed by atoms with Crippen LogP contribution in [0.1, 0.15) is 348 Å². The van der Waals surface area contributed by atoms with E-state index in [1.807, 2.05) is 21.1 Å². The number of hydrogen-bond acceptors (Lipinski definition) is 7. The first-order valence-electron chi connectivity index (χ1n) is 35.4. The Morgan fingerprint density at radius 3 is 0.988 bits per heavy atom. The Balaban J connectivity index is 3.88. The van der Waals surface area contributed by atoms with E-state index in [0.717, 1.165) is 44.9 Å². The van der Waals surface area contributed by atoms with Crippen LogP contribution >= 0.6 is 7.82 Å². The van der Waals surface area contributed by atoms with Gasteiger partial charge in [-0.3, -0.25) is 18.6 Å². The van der Waals surface area contributed by atoms with Crippen molar-refractivity contribution in [3.8, 4) is 0 Å². The minimum Gasteiger partial charge on any atom is -0.462 e. The molecule has 0 heterocycles. The van der Waals surface area contributed by atoms with Gasteiger partial charge in [-0.2, -0.15) is 0 Å². The zero-order chi connectivity index (χ0) is 59.8. The topological polar surface area (TPSA) is 108 Å². The number of ether oxygens (including phenoxy) is 2. The number of nitrogens with zero attached hydrogens (tertiary/aromatic N) is 1. The lowest BCUT2D eigenvalue weighted by Gasteiger charge is -2.24. The third-order valence-electron chi connectivity index (χ3n) is 15.8. The number of phosphoric ester groups is 1. The molecule has 0 spiro atoms. The molecule has 0 amide bonds.